The van der Waals surface area contributed by atoms with Crippen molar-refractivity contribution < 1.29 is 22.7 Å². The van der Waals surface area contributed by atoms with Crippen molar-refractivity contribution in [3.63, 3.8) is 0 Å². The van der Waals surface area contributed by atoms with Gasteiger partial charge in [0.15, 0.2) is 0 Å². The first-order valence-electron chi connectivity index (χ1n) is 7.96. The Kier molecular flexibility index (Phi) is 6.71. The van der Waals surface area contributed by atoms with Crippen LogP contribution in [0.15, 0.2) is 47.4 Å². The van der Waals surface area contributed by atoms with Gasteiger partial charge in [-0.15, -0.1) is 0 Å². The predicted molar refractivity (Wildman–Crippen MR) is 106 cm³/mol. The van der Waals surface area contributed by atoms with Gasteiger partial charge >= 0.3 is 6.03 Å². The van der Waals surface area contributed by atoms with Crippen LogP contribution in [0.1, 0.15) is 6.92 Å². The van der Waals surface area contributed by atoms with Crippen molar-refractivity contribution in [1.82, 2.24) is 5.32 Å². The van der Waals surface area contributed by atoms with Gasteiger partial charge in [-0.05, 0) is 37.3 Å². The SMILES string of the molecule is COc1ccc(NC(=O)[C@@H](C)NC(N)=O)cc1S(=O)(=O)Nc1ccccc1Cl. The highest BCUT2D eigenvalue weighted by Gasteiger charge is 2.22. The summed E-state index contributed by atoms with van der Waals surface area (Å²) in [4.78, 5) is 22.8. The number of hydrogen-bond donors (Lipinski definition) is 4. The summed E-state index contributed by atoms with van der Waals surface area (Å²) in [6.45, 7) is 1.43. The number of nitrogens with two attached hydrogens (primary N) is 1. The molecule has 2 aromatic rings. The van der Waals surface area contributed by atoms with E-state index in [4.69, 9.17) is 22.1 Å². The van der Waals surface area contributed by atoms with E-state index in [2.05, 4.69) is 15.4 Å². The molecule has 0 fully saturated rings. The van der Waals surface area contributed by atoms with Gasteiger partial charge in [0.2, 0.25) is 5.91 Å². The van der Waals surface area contributed by atoms with Crippen molar-refractivity contribution >= 4 is 44.9 Å². The van der Waals surface area contributed by atoms with Crippen molar-refractivity contribution in [3.8, 4) is 5.75 Å². The number of primary amides is 1. The molecule has 2 aromatic carbocycles. The molecule has 0 heterocycles. The first kappa shape index (κ1) is 21.3. The minimum Gasteiger partial charge on any atom is -0.495 e. The number of carbonyl (C=O) groups excluding carboxylic acids is 2. The predicted octanol–water partition coefficient (Wildman–Crippen LogP) is 2.14. The highest BCUT2D eigenvalue weighted by atomic mass is 35.5. The molecular formula is C17H19ClN4O5S. The average Bonchev–Trinajstić information content (AvgIpc) is 2.63. The number of ether oxygens (including phenoxy) is 1. The minimum atomic E-state index is -4.08. The maximum atomic E-state index is 12.8. The van der Waals surface area contributed by atoms with Crippen LogP contribution >= 0.6 is 11.6 Å². The highest BCUT2D eigenvalue weighted by molar-refractivity contribution is 7.92. The van der Waals surface area contributed by atoms with Crippen LogP contribution in [0, 0.1) is 0 Å². The Morgan fingerprint density at radius 3 is 2.46 bits per heavy atom. The molecule has 3 amide bonds. The van der Waals surface area contributed by atoms with Crippen molar-refractivity contribution in [2.45, 2.75) is 17.9 Å². The standard InChI is InChI=1S/C17H19ClN4O5S/c1-10(20-17(19)24)16(23)21-11-7-8-14(27-2)15(9-11)28(25,26)22-13-6-4-3-5-12(13)18/h3-10,22H,1-2H3,(H,21,23)(H3,19,20,24)/t10-/m1/s1. The largest absolute Gasteiger partial charge is 0.495 e. The third kappa shape index (κ3) is 5.27. The maximum Gasteiger partial charge on any atom is 0.312 e. The molecule has 0 aliphatic carbocycles. The Bertz CT molecular complexity index is 997. The van der Waals surface area contributed by atoms with Gasteiger partial charge in [-0.1, -0.05) is 23.7 Å². The summed E-state index contributed by atoms with van der Waals surface area (Å²) in [5, 5.41) is 4.95. The summed E-state index contributed by atoms with van der Waals surface area (Å²) in [6, 6.07) is 8.65. The number of halogens is 1. The molecule has 0 radical (unpaired) electrons. The van der Waals surface area contributed by atoms with Gasteiger partial charge in [0.1, 0.15) is 16.7 Å². The molecule has 2 rings (SSSR count). The van der Waals surface area contributed by atoms with E-state index in [1.807, 2.05) is 0 Å². The number of benzene rings is 2. The molecule has 0 aliphatic heterocycles. The van der Waals surface area contributed by atoms with Crippen LogP contribution < -0.4 is 25.8 Å². The monoisotopic (exact) mass is 426 g/mol. The maximum absolute atomic E-state index is 12.8. The summed E-state index contributed by atoms with van der Waals surface area (Å²) in [6.07, 6.45) is 0. The molecule has 0 spiro atoms. The molecule has 9 nitrogen and oxygen atoms in total. The lowest BCUT2D eigenvalue weighted by Gasteiger charge is -2.16. The third-order valence-corrected chi connectivity index (χ3v) is 5.31. The smallest absolute Gasteiger partial charge is 0.312 e. The van der Waals surface area contributed by atoms with E-state index in [1.54, 1.807) is 18.2 Å². The van der Waals surface area contributed by atoms with E-state index in [-0.39, 0.29) is 27.0 Å². The van der Waals surface area contributed by atoms with E-state index >= 15 is 0 Å². The molecule has 150 valence electrons. The Hall–Kier alpha value is -2.98. The van der Waals surface area contributed by atoms with Crippen LogP contribution in [0.2, 0.25) is 5.02 Å². The van der Waals surface area contributed by atoms with Gasteiger partial charge in [-0.3, -0.25) is 9.52 Å². The van der Waals surface area contributed by atoms with Gasteiger partial charge in [0.05, 0.1) is 17.8 Å². The number of para-hydroxylation sites is 1. The van der Waals surface area contributed by atoms with Gasteiger partial charge in [0.25, 0.3) is 10.0 Å². The Labute approximate surface area is 167 Å². The van der Waals surface area contributed by atoms with Gasteiger partial charge in [0, 0.05) is 5.69 Å². The first-order valence-corrected chi connectivity index (χ1v) is 9.82. The molecule has 0 unspecified atom stereocenters. The van der Waals surface area contributed by atoms with E-state index in [0.717, 1.165) is 0 Å². The quantitative estimate of drug-likeness (QED) is 0.537. The number of rotatable bonds is 7. The fraction of sp³-hybridized carbons (Fsp3) is 0.176. The second-order valence-electron chi connectivity index (χ2n) is 5.67. The van der Waals surface area contributed by atoms with Gasteiger partial charge in [-0.2, -0.15) is 0 Å². The number of sulfonamides is 1. The lowest BCUT2D eigenvalue weighted by molar-refractivity contribution is -0.117. The Morgan fingerprint density at radius 2 is 1.86 bits per heavy atom. The van der Waals surface area contributed by atoms with Gasteiger partial charge < -0.3 is 21.1 Å². The molecule has 5 N–H and O–H groups in total. The number of methoxy groups -OCH3 is 1. The number of amides is 3. The molecule has 28 heavy (non-hydrogen) atoms. The molecule has 0 bridgehead atoms. The summed E-state index contributed by atoms with van der Waals surface area (Å²) in [5.74, 6) is -0.507. The van der Waals surface area contributed by atoms with Crippen molar-refractivity contribution in [1.29, 1.82) is 0 Å². The summed E-state index contributed by atoms with van der Waals surface area (Å²) < 4.78 is 33.1. The number of anilines is 2. The molecule has 0 aliphatic rings. The zero-order valence-corrected chi connectivity index (χ0v) is 16.6. The van der Waals surface area contributed by atoms with E-state index in [1.165, 1.54) is 38.3 Å². The van der Waals surface area contributed by atoms with Crippen LogP contribution in [0.25, 0.3) is 0 Å². The van der Waals surface area contributed by atoms with Crippen molar-refractivity contribution in [2.24, 2.45) is 5.73 Å². The number of hydrogen-bond acceptors (Lipinski definition) is 5. The van der Waals surface area contributed by atoms with Crippen LogP contribution in [0.3, 0.4) is 0 Å². The number of urea groups is 1. The van der Waals surface area contributed by atoms with E-state index in [9.17, 15) is 18.0 Å². The normalized spacial score (nSPS) is 12.0. The van der Waals surface area contributed by atoms with Crippen LogP contribution in [-0.2, 0) is 14.8 Å². The third-order valence-electron chi connectivity index (χ3n) is 3.59. The molecule has 1 atom stereocenters. The Morgan fingerprint density at radius 1 is 1.18 bits per heavy atom. The van der Waals surface area contributed by atoms with Crippen molar-refractivity contribution in [3.05, 3.63) is 47.5 Å². The molecule has 0 saturated heterocycles. The highest BCUT2D eigenvalue weighted by Crippen LogP contribution is 2.30. The zero-order valence-electron chi connectivity index (χ0n) is 15.0. The first-order chi connectivity index (χ1) is 13.1. The van der Waals surface area contributed by atoms with Crippen LogP contribution in [-0.4, -0.2) is 33.5 Å². The topological polar surface area (TPSA) is 140 Å². The van der Waals surface area contributed by atoms with Gasteiger partial charge in [-0.25, -0.2) is 13.2 Å². The zero-order chi connectivity index (χ0) is 20.9. The second kappa shape index (κ2) is 8.81. The lowest BCUT2D eigenvalue weighted by Crippen LogP contribution is -2.44. The van der Waals surface area contributed by atoms with E-state index in [0.29, 0.717) is 0 Å². The molecule has 11 heteroatoms. The minimum absolute atomic E-state index is 0.0702. The fourth-order valence-corrected chi connectivity index (χ4v) is 3.75. The second-order valence-corrected chi connectivity index (χ2v) is 7.73. The summed E-state index contributed by atoms with van der Waals surface area (Å²) in [5.41, 5.74) is 5.36. The fourth-order valence-electron chi connectivity index (χ4n) is 2.24. The lowest BCUT2D eigenvalue weighted by atomic mass is 10.2. The molecule has 0 saturated carbocycles. The van der Waals surface area contributed by atoms with E-state index < -0.39 is 28.0 Å². The number of carbonyl (C=O) groups is 2. The van der Waals surface area contributed by atoms with Crippen LogP contribution in [0.5, 0.6) is 5.75 Å². The molecular weight excluding hydrogens is 408 g/mol. The van der Waals surface area contributed by atoms with Crippen molar-refractivity contribution in [2.75, 3.05) is 17.1 Å². The molecule has 0 aromatic heterocycles. The number of nitrogens with one attached hydrogen (secondary N) is 3. The Balaban J connectivity index is 2.33. The summed E-state index contributed by atoms with van der Waals surface area (Å²) in [7, 11) is -2.76. The summed E-state index contributed by atoms with van der Waals surface area (Å²) >= 11 is 6.01. The van der Waals surface area contributed by atoms with Crippen LogP contribution in [0.4, 0.5) is 16.2 Å². The average molecular weight is 427 g/mol.